The van der Waals surface area contributed by atoms with Crippen LogP contribution in [0.1, 0.15) is 25.8 Å². The number of benzene rings is 3. The molecule has 13 heteroatoms. The largest absolute Gasteiger partial charge is 0.486 e. The van der Waals surface area contributed by atoms with Crippen molar-refractivity contribution in [1.82, 2.24) is 10.2 Å². The maximum atomic E-state index is 14.0. The first-order valence-electron chi connectivity index (χ1n) is 13.2. The fraction of sp³-hybridized carbons (Fsp3) is 0.310. The van der Waals surface area contributed by atoms with Crippen LogP contribution in [-0.4, -0.2) is 57.5 Å². The van der Waals surface area contributed by atoms with E-state index in [2.05, 4.69) is 5.32 Å². The molecule has 4 rings (SSSR count). The topological polar surface area (TPSA) is 105 Å². The summed E-state index contributed by atoms with van der Waals surface area (Å²) in [4.78, 5) is 28.2. The molecule has 1 N–H and O–H groups in total. The van der Waals surface area contributed by atoms with Crippen LogP contribution in [0, 0.1) is 5.82 Å². The first kappa shape index (κ1) is 31.4. The molecule has 42 heavy (non-hydrogen) atoms. The third kappa shape index (κ3) is 7.08. The SMILES string of the molecule is CCNC(=O)[C@H](CC)N(Cc1ccc(Cl)c(Cl)c1)C(=O)CN(c1ccc(F)cc1)S(=O)(=O)c1ccc2c(c1)OCCO2. The Morgan fingerprint density at radius 3 is 2.29 bits per heavy atom. The Morgan fingerprint density at radius 2 is 1.64 bits per heavy atom. The van der Waals surface area contributed by atoms with Crippen LogP contribution >= 0.6 is 23.2 Å². The van der Waals surface area contributed by atoms with E-state index in [-0.39, 0.29) is 40.9 Å². The van der Waals surface area contributed by atoms with E-state index in [0.29, 0.717) is 29.5 Å². The smallest absolute Gasteiger partial charge is 0.264 e. The van der Waals surface area contributed by atoms with Crippen LogP contribution in [0.25, 0.3) is 0 Å². The summed E-state index contributed by atoms with van der Waals surface area (Å²) in [5.41, 5.74) is 0.642. The van der Waals surface area contributed by atoms with Crippen LogP contribution in [0.5, 0.6) is 11.5 Å². The highest BCUT2D eigenvalue weighted by Gasteiger charge is 2.34. The number of carbonyl (C=O) groups excluding carboxylic acids is 2. The maximum Gasteiger partial charge on any atom is 0.264 e. The molecule has 0 saturated heterocycles. The average Bonchev–Trinajstić information content (AvgIpc) is 2.98. The minimum Gasteiger partial charge on any atom is -0.486 e. The first-order chi connectivity index (χ1) is 20.0. The quantitative estimate of drug-likeness (QED) is 0.316. The van der Waals surface area contributed by atoms with Gasteiger partial charge < -0.3 is 19.7 Å². The van der Waals surface area contributed by atoms with Crippen LogP contribution in [0.15, 0.2) is 65.6 Å². The number of halogens is 3. The second-order valence-corrected chi connectivity index (χ2v) is 12.1. The van der Waals surface area contributed by atoms with Crippen LogP contribution < -0.4 is 19.1 Å². The van der Waals surface area contributed by atoms with Gasteiger partial charge in [-0.15, -0.1) is 0 Å². The van der Waals surface area contributed by atoms with Crippen molar-refractivity contribution in [2.75, 3.05) is 30.6 Å². The number of anilines is 1. The van der Waals surface area contributed by atoms with Gasteiger partial charge in [0.1, 0.15) is 31.6 Å². The lowest BCUT2D eigenvalue weighted by Crippen LogP contribution is -2.52. The highest BCUT2D eigenvalue weighted by atomic mass is 35.5. The highest BCUT2D eigenvalue weighted by Crippen LogP contribution is 2.34. The molecule has 3 aromatic rings. The number of fused-ring (bicyclic) bond motifs is 1. The number of hydrogen-bond acceptors (Lipinski definition) is 6. The zero-order valence-corrected chi connectivity index (χ0v) is 25.3. The molecule has 1 aliphatic heterocycles. The molecule has 0 aromatic heterocycles. The average molecular weight is 639 g/mol. The van der Waals surface area contributed by atoms with Gasteiger partial charge in [-0.2, -0.15) is 0 Å². The number of amides is 2. The monoisotopic (exact) mass is 637 g/mol. The second kappa shape index (κ2) is 13.6. The predicted molar refractivity (Wildman–Crippen MR) is 158 cm³/mol. The summed E-state index contributed by atoms with van der Waals surface area (Å²) in [6.45, 7) is 3.69. The second-order valence-electron chi connectivity index (χ2n) is 9.38. The summed E-state index contributed by atoms with van der Waals surface area (Å²) in [7, 11) is -4.39. The Kier molecular flexibility index (Phi) is 10.2. The number of hydrogen-bond donors (Lipinski definition) is 1. The third-order valence-corrected chi connectivity index (χ3v) is 9.08. The van der Waals surface area contributed by atoms with E-state index in [0.717, 1.165) is 16.4 Å². The number of ether oxygens (including phenoxy) is 2. The van der Waals surface area contributed by atoms with Crippen molar-refractivity contribution in [3.05, 3.63) is 82.1 Å². The standard InChI is InChI=1S/C29H30Cl2FN3O6S/c1-3-25(29(37)33-4-2)34(17-19-5-11-23(30)24(31)15-19)28(36)18-35(21-8-6-20(32)7-9-21)42(38,39)22-10-12-26-27(16-22)41-14-13-40-26/h5-12,15-16,25H,3-4,13-14,17-18H2,1-2H3,(H,33,37)/t25-/m0/s1. The van der Waals surface area contributed by atoms with Gasteiger partial charge in [-0.25, -0.2) is 12.8 Å². The predicted octanol–water partition coefficient (Wildman–Crippen LogP) is 5.04. The van der Waals surface area contributed by atoms with Gasteiger partial charge in [0, 0.05) is 19.2 Å². The fourth-order valence-corrected chi connectivity index (χ4v) is 6.24. The lowest BCUT2D eigenvalue weighted by Gasteiger charge is -2.33. The van der Waals surface area contributed by atoms with Crippen molar-refractivity contribution in [1.29, 1.82) is 0 Å². The molecule has 0 aliphatic carbocycles. The van der Waals surface area contributed by atoms with E-state index < -0.39 is 40.2 Å². The Labute approximate surface area is 254 Å². The van der Waals surface area contributed by atoms with Crippen molar-refractivity contribution in [2.24, 2.45) is 0 Å². The van der Waals surface area contributed by atoms with E-state index in [9.17, 15) is 22.4 Å². The van der Waals surface area contributed by atoms with E-state index in [1.54, 1.807) is 32.0 Å². The minimum atomic E-state index is -4.39. The molecule has 1 heterocycles. The van der Waals surface area contributed by atoms with Gasteiger partial charge in [-0.3, -0.25) is 13.9 Å². The Hall–Kier alpha value is -3.54. The molecule has 1 aliphatic rings. The van der Waals surface area contributed by atoms with Crippen LogP contribution in [0.2, 0.25) is 10.0 Å². The zero-order chi connectivity index (χ0) is 30.4. The van der Waals surface area contributed by atoms with Gasteiger partial charge in [0.05, 0.1) is 20.6 Å². The normalized spacial score (nSPS) is 13.3. The number of likely N-dealkylation sites (N-methyl/N-ethyl adjacent to an activating group) is 1. The highest BCUT2D eigenvalue weighted by molar-refractivity contribution is 7.92. The van der Waals surface area contributed by atoms with Crippen LogP contribution in [-0.2, 0) is 26.2 Å². The van der Waals surface area contributed by atoms with E-state index in [1.165, 1.54) is 35.2 Å². The summed E-state index contributed by atoms with van der Waals surface area (Å²) in [5.74, 6) is -0.993. The Morgan fingerprint density at radius 1 is 0.952 bits per heavy atom. The molecule has 224 valence electrons. The molecule has 0 spiro atoms. The van der Waals surface area contributed by atoms with E-state index in [4.69, 9.17) is 32.7 Å². The van der Waals surface area contributed by atoms with E-state index in [1.807, 2.05) is 0 Å². The lowest BCUT2D eigenvalue weighted by molar-refractivity contribution is -0.140. The molecule has 2 amide bonds. The Balaban J connectivity index is 1.75. The fourth-order valence-electron chi connectivity index (χ4n) is 4.49. The lowest BCUT2D eigenvalue weighted by atomic mass is 10.1. The van der Waals surface area contributed by atoms with Crippen molar-refractivity contribution < 1.29 is 31.9 Å². The van der Waals surface area contributed by atoms with Crippen molar-refractivity contribution in [3.8, 4) is 11.5 Å². The molecule has 0 radical (unpaired) electrons. The summed E-state index contributed by atoms with van der Waals surface area (Å²) < 4.78 is 53.8. The molecular formula is C29H30Cl2FN3O6S. The van der Waals surface area contributed by atoms with Gasteiger partial charge in [-0.1, -0.05) is 36.2 Å². The molecule has 0 bridgehead atoms. The summed E-state index contributed by atoms with van der Waals surface area (Å²) in [6, 6.07) is 12.8. The van der Waals surface area contributed by atoms with Gasteiger partial charge in [0.15, 0.2) is 11.5 Å². The molecule has 3 aromatic carbocycles. The van der Waals surface area contributed by atoms with Crippen LogP contribution in [0.4, 0.5) is 10.1 Å². The van der Waals surface area contributed by atoms with Gasteiger partial charge in [0.25, 0.3) is 10.0 Å². The maximum absolute atomic E-state index is 14.0. The number of sulfonamides is 1. The minimum absolute atomic E-state index is 0.0489. The van der Waals surface area contributed by atoms with Crippen molar-refractivity contribution >= 4 is 50.7 Å². The molecule has 0 saturated carbocycles. The molecule has 0 fully saturated rings. The van der Waals surface area contributed by atoms with Gasteiger partial charge in [0.2, 0.25) is 11.8 Å². The Bertz CT molecular complexity index is 1560. The molecule has 9 nitrogen and oxygen atoms in total. The third-order valence-electron chi connectivity index (χ3n) is 6.57. The van der Waals surface area contributed by atoms with Gasteiger partial charge >= 0.3 is 0 Å². The van der Waals surface area contributed by atoms with Crippen molar-refractivity contribution in [2.45, 2.75) is 37.8 Å². The summed E-state index contributed by atoms with van der Waals surface area (Å²) in [6.07, 6.45) is 0.254. The van der Waals surface area contributed by atoms with Crippen molar-refractivity contribution in [3.63, 3.8) is 0 Å². The number of rotatable bonds is 11. The zero-order valence-electron chi connectivity index (χ0n) is 23.0. The number of carbonyl (C=O) groups is 2. The van der Waals surface area contributed by atoms with Crippen LogP contribution in [0.3, 0.4) is 0 Å². The molecule has 1 atom stereocenters. The first-order valence-corrected chi connectivity index (χ1v) is 15.4. The number of nitrogens with one attached hydrogen (secondary N) is 1. The molecule has 0 unspecified atom stereocenters. The number of nitrogens with zero attached hydrogens (tertiary/aromatic N) is 2. The van der Waals surface area contributed by atoms with E-state index >= 15 is 0 Å². The summed E-state index contributed by atoms with van der Waals surface area (Å²) >= 11 is 12.3. The summed E-state index contributed by atoms with van der Waals surface area (Å²) in [5, 5.41) is 3.32. The molecular weight excluding hydrogens is 608 g/mol. The van der Waals surface area contributed by atoms with Gasteiger partial charge in [-0.05, 0) is 67.4 Å².